The molecule has 0 bridgehead atoms. The molecule has 0 amide bonds. The molecule has 3 rings (SSSR count). The lowest BCUT2D eigenvalue weighted by Gasteiger charge is -2.16. The van der Waals surface area contributed by atoms with Gasteiger partial charge in [-0.3, -0.25) is 0 Å². The number of carbonyl (C=O) groups excluding carboxylic acids is 1. The van der Waals surface area contributed by atoms with Gasteiger partial charge in [0, 0.05) is 5.56 Å². The fraction of sp³-hybridized carbons (Fsp3) is 0.577. The molecular formula is C26H36N2O5. The van der Waals surface area contributed by atoms with Crippen LogP contribution in [-0.4, -0.2) is 40.5 Å². The van der Waals surface area contributed by atoms with Gasteiger partial charge in [-0.25, -0.2) is 14.8 Å². The topological polar surface area (TPSA) is 79.8 Å². The van der Waals surface area contributed by atoms with Crippen molar-refractivity contribution < 1.29 is 23.7 Å². The fourth-order valence-corrected chi connectivity index (χ4v) is 3.79. The minimum absolute atomic E-state index is 0.318. The van der Waals surface area contributed by atoms with Gasteiger partial charge in [0.1, 0.15) is 5.75 Å². The smallest absolute Gasteiger partial charge is 0.343 e. The molecule has 2 atom stereocenters. The monoisotopic (exact) mass is 456 g/mol. The molecule has 2 aromatic rings. The third kappa shape index (κ3) is 7.51. The molecule has 180 valence electrons. The van der Waals surface area contributed by atoms with Gasteiger partial charge in [-0.05, 0) is 51.0 Å². The van der Waals surface area contributed by atoms with Crippen molar-refractivity contribution in [2.75, 3.05) is 6.61 Å². The van der Waals surface area contributed by atoms with Gasteiger partial charge < -0.3 is 18.9 Å². The summed E-state index contributed by atoms with van der Waals surface area (Å²) in [6, 6.07) is 7.09. The molecule has 0 aliphatic carbocycles. The highest BCUT2D eigenvalue weighted by atomic mass is 16.8. The Morgan fingerprint density at radius 1 is 0.939 bits per heavy atom. The first-order valence-corrected chi connectivity index (χ1v) is 12.0. The minimum Gasteiger partial charge on any atom is -0.490 e. The summed E-state index contributed by atoms with van der Waals surface area (Å²) < 4.78 is 22.7. The third-order valence-corrected chi connectivity index (χ3v) is 5.54. The average Bonchev–Trinajstić information content (AvgIpc) is 3.14. The largest absolute Gasteiger partial charge is 0.490 e. The lowest BCUT2D eigenvalue weighted by molar-refractivity contribution is -0.163. The Bertz CT molecular complexity index is 867. The number of rotatable bonds is 12. The van der Waals surface area contributed by atoms with Crippen LogP contribution in [-0.2, 0) is 14.3 Å². The molecule has 2 heterocycles. The number of aromatic nitrogens is 2. The van der Waals surface area contributed by atoms with E-state index in [4.69, 9.17) is 18.9 Å². The van der Waals surface area contributed by atoms with Gasteiger partial charge >= 0.3 is 5.97 Å². The summed E-state index contributed by atoms with van der Waals surface area (Å²) in [5.74, 6) is 0.440. The van der Waals surface area contributed by atoms with Crippen molar-refractivity contribution in [2.24, 2.45) is 0 Å². The number of esters is 1. The van der Waals surface area contributed by atoms with Crippen molar-refractivity contribution in [3.8, 4) is 22.9 Å². The number of hydrogen-bond donors (Lipinski definition) is 0. The van der Waals surface area contributed by atoms with Crippen molar-refractivity contribution in [2.45, 2.75) is 90.6 Å². The number of benzene rings is 1. The van der Waals surface area contributed by atoms with Gasteiger partial charge in [-0.1, -0.05) is 46.0 Å². The van der Waals surface area contributed by atoms with E-state index in [2.05, 4.69) is 16.9 Å². The van der Waals surface area contributed by atoms with Crippen molar-refractivity contribution in [1.82, 2.24) is 9.97 Å². The van der Waals surface area contributed by atoms with Crippen LogP contribution in [0.5, 0.6) is 11.5 Å². The number of unbranched alkanes of at least 4 members (excludes halogenated alkanes) is 5. The van der Waals surface area contributed by atoms with Gasteiger partial charge in [0.2, 0.25) is 0 Å². The first-order chi connectivity index (χ1) is 15.9. The number of hydrogen-bond acceptors (Lipinski definition) is 7. The van der Waals surface area contributed by atoms with Crippen LogP contribution in [0.15, 0.2) is 36.7 Å². The van der Waals surface area contributed by atoms with Crippen LogP contribution in [0.2, 0.25) is 0 Å². The van der Waals surface area contributed by atoms with Crippen LogP contribution in [0.3, 0.4) is 0 Å². The van der Waals surface area contributed by atoms with Crippen LogP contribution >= 0.6 is 0 Å². The third-order valence-electron chi connectivity index (χ3n) is 5.54. The predicted octanol–water partition coefficient (Wildman–Crippen LogP) is 5.72. The molecule has 0 saturated carbocycles. The first-order valence-electron chi connectivity index (χ1n) is 12.0. The molecule has 33 heavy (non-hydrogen) atoms. The molecule has 7 nitrogen and oxygen atoms in total. The van der Waals surface area contributed by atoms with E-state index in [9.17, 15) is 4.79 Å². The molecule has 1 aromatic heterocycles. The molecule has 0 radical (unpaired) electrons. The summed E-state index contributed by atoms with van der Waals surface area (Å²) in [6.07, 6.45) is 10.3. The van der Waals surface area contributed by atoms with E-state index in [1.54, 1.807) is 38.4 Å². The van der Waals surface area contributed by atoms with E-state index in [0.29, 0.717) is 30.4 Å². The van der Waals surface area contributed by atoms with Crippen molar-refractivity contribution in [3.05, 3.63) is 36.7 Å². The molecule has 1 aromatic carbocycles. The van der Waals surface area contributed by atoms with Gasteiger partial charge in [0.05, 0.1) is 25.1 Å². The zero-order chi connectivity index (χ0) is 23.7. The van der Waals surface area contributed by atoms with E-state index in [1.165, 1.54) is 32.1 Å². The molecule has 7 heteroatoms. The first kappa shape index (κ1) is 25.1. The maximum Gasteiger partial charge on any atom is 0.343 e. The van der Waals surface area contributed by atoms with Crippen LogP contribution in [0, 0.1) is 0 Å². The Morgan fingerprint density at radius 2 is 1.61 bits per heavy atom. The van der Waals surface area contributed by atoms with Crippen LogP contribution in [0.4, 0.5) is 0 Å². The molecule has 1 aliphatic rings. The minimum atomic E-state index is -0.796. The van der Waals surface area contributed by atoms with Gasteiger partial charge in [-0.2, -0.15) is 0 Å². The van der Waals surface area contributed by atoms with Gasteiger partial charge in [0.25, 0.3) is 0 Å². The highest BCUT2D eigenvalue weighted by Gasteiger charge is 2.45. The van der Waals surface area contributed by atoms with Gasteiger partial charge in [-0.15, -0.1) is 0 Å². The molecule has 1 saturated heterocycles. The standard InChI is InChI=1S/C26H36N2O5/c1-5-7-8-9-10-11-16-30-21-17-27-24(28-18-21)19-12-14-20(15-13-19)31-25(29)23-22(6-2)32-26(3,4)33-23/h12-15,17-18,22-23H,5-11,16H2,1-4H3/t22-,23-/m1/s1. The Hall–Kier alpha value is -2.51. The molecule has 1 aliphatic heterocycles. The van der Waals surface area contributed by atoms with Crippen LogP contribution in [0.25, 0.3) is 11.4 Å². The highest BCUT2D eigenvalue weighted by molar-refractivity contribution is 5.78. The Morgan fingerprint density at radius 3 is 2.27 bits per heavy atom. The Kier molecular flexibility index (Phi) is 9.21. The molecular weight excluding hydrogens is 420 g/mol. The van der Waals surface area contributed by atoms with E-state index >= 15 is 0 Å². The zero-order valence-electron chi connectivity index (χ0n) is 20.2. The summed E-state index contributed by atoms with van der Waals surface area (Å²) in [6.45, 7) is 8.45. The second-order valence-electron chi connectivity index (χ2n) is 8.81. The summed E-state index contributed by atoms with van der Waals surface area (Å²) in [7, 11) is 0. The number of nitrogens with zero attached hydrogens (tertiary/aromatic N) is 2. The molecule has 0 unspecified atom stereocenters. The SMILES string of the molecule is CCCCCCCCOc1cnc(-c2ccc(OC(=O)[C@@H]3OC(C)(C)O[C@@H]3CC)cc2)nc1. The van der Waals surface area contributed by atoms with E-state index in [-0.39, 0.29) is 6.10 Å². The van der Waals surface area contributed by atoms with Crippen molar-refractivity contribution in [1.29, 1.82) is 0 Å². The van der Waals surface area contributed by atoms with E-state index in [1.807, 2.05) is 19.1 Å². The van der Waals surface area contributed by atoms with Gasteiger partial charge in [0.15, 0.2) is 23.5 Å². The quantitative estimate of drug-likeness (QED) is 0.230. The van der Waals surface area contributed by atoms with Crippen molar-refractivity contribution >= 4 is 5.97 Å². The summed E-state index contributed by atoms with van der Waals surface area (Å²) in [4.78, 5) is 21.4. The summed E-state index contributed by atoms with van der Waals surface area (Å²) >= 11 is 0. The second kappa shape index (κ2) is 12.1. The van der Waals surface area contributed by atoms with Crippen LogP contribution in [0.1, 0.15) is 72.6 Å². The van der Waals surface area contributed by atoms with Crippen molar-refractivity contribution in [3.63, 3.8) is 0 Å². The van der Waals surface area contributed by atoms with E-state index < -0.39 is 17.9 Å². The normalized spacial score (nSPS) is 19.4. The molecule has 0 spiro atoms. The Balaban J connectivity index is 1.48. The van der Waals surface area contributed by atoms with E-state index in [0.717, 1.165) is 12.0 Å². The lowest BCUT2D eigenvalue weighted by Crippen LogP contribution is -2.34. The average molecular weight is 457 g/mol. The Labute approximate surface area is 196 Å². The summed E-state index contributed by atoms with van der Waals surface area (Å²) in [5, 5.41) is 0. The maximum absolute atomic E-state index is 12.6. The zero-order valence-corrected chi connectivity index (χ0v) is 20.2. The predicted molar refractivity (Wildman–Crippen MR) is 126 cm³/mol. The van der Waals surface area contributed by atoms with Crippen LogP contribution < -0.4 is 9.47 Å². The summed E-state index contributed by atoms with van der Waals surface area (Å²) in [5.41, 5.74) is 0.824. The molecule has 1 fully saturated rings. The highest BCUT2D eigenvalue weighted by Crippen LogP contribution is 2.31. The number of carbonyl (C=O) groups is 1. The fourth-order valence-electron chi connectivity index (χ4n) is 3.79. The number of ether oxygens (including phenoxy) is 4. The molecule has 0 N–H and O–H groups in total. The lowest BCUT2D eigenvalue weighted by atomic mass is 10.1. The maximum atomic E-state index is 12.6. The second-order valence-corrected chi connectivity index (χ2v) is 8.81.